The minimum absolute atomic E-state index is 0.283. The minimum Gasteiger partial charge on any atom is -0.418 e. The number of carbonyl (C=O) groups excluding carboxylic acids is 2. The number of methoxy groups -OCH3 is 2. The average Bonchev–Trinajstić information content (AvgIpc) is 2.35. The van der Waals surface area contributed by atoms with Crippen LogP contribution in [-0.4, -0.2) is 47.3 Å². The summed E-state index contributed by atoms with van der Waals surface area (Å²) < 4.78 is 49.0. The normalized spacial score (nSPS) is 21.2. The van der Waals surface area contributed by atoms with E-state index in [1.165, 1.54) is 14.2 Å². The molecule has 0 fully saturated rings. The summed E-state index contributed by atoms with van der Waals surface area (Å²) in [4.78, 5) is 22.5. The Balaban J connectivity index is 0.000000621. The maximum Gasteiger partial charge on any atom is 0.673 e. The van der Waals surface area contributed by atoms with Crippen LogP contribution in [0.25, 0.3) is 0 Å². The monoisotopic (exact) mass is 364 g/mol. The van der Waals surface area contributed by atoms with Gasteiger partial charge in [0.15, 0.2) is 0 Å². The molecule has 0 aromatic carbocycles. The first-order chi connectivity index (χ1) is 9.11. The van der Waals surface area contributed by atoms with Crippen molar-refractivity contribution in [1.29, 1.82) is 0 Å². The van der Waals surface area contributed by atoms with Gasteiger partial charge in [0.25, 0.3) is 0 Å². The van der Waals surface area contributed by atoms with Gasteiger partial charge >= 0.3 is 99.7 Å². The fourth-order valence-corrected chi connectivity index (χ4v) is 4.65. The van der Waals surface area contributed by atoms with Crippen LogP contribution in [0.1, 0.15) is 0 Å². The van der Waals surface area contributed by atoms with Gasteiger partial charge in [-0.05, 0) is 0 Å². The van der Waals surface area contributed by atoms with Crippen molar-refractivity contribution in [1.82, 2.24) is 0 Å². The van der Waals surface area contributed by atoms with Crippen molar-refractivity contribution in [2.24, 2.45) is 0 Å². The molecule has 114 valence electrons. The first-order valence-electron chi connectivity index (χ1n) is 5.18. The minimum atomic E-state index is -6.00. The Morgan fingerprint density at radius 1 is 1.20 bits per heavy atom. The van der Waals surface area contributed by atoms with E-state index in [0.717, 1.165) is 0 Å². The smallest absolute Gasteiger partial charge is 0.418 e. The van der Waals surface area contributed by atoms with Crippen LogP contribution in [0.15, 0.2) is 22.7 Å². The maximum absolute atomic E-state index is 11.4. The molecule has 1 aliphatic heterocycles. The zero-order valence-electron chi connectivity index (χ0n) is 10.9. The van der Waals surface area contributed by atoms with Crippen molar-refractivity contribution in [2.45, 2.75) is 10.6 Å². The van der Waals surface area contributed by atoms with E-state index in [0.29, 0.717) is 4.47 Å². The quantitative estimate of drug-likeness (QED) is 0.429. The van der Waals surface area contributed by atoms with Crippen LogP contribution < -0.4 is 0 Å². The van der Waals surface area contributed by atoms with Crippen LogP contribution in [0.2, 0.25) is 10.6 Å². The summed E-state index contributed by atoms with van der Waals surface area (Å²) in [6, 6.07) is 0. The van der Waals surface area contributed by atoms with Crippen LogP contribution in [0, 0.1) is 0 Å². The Bertz CT molecular complexity index is 416. The van der Waals surface area contributed by atoms with Gasteiger partial charge in [-0.3, -0.25) is 0 Å². The Hall–Kier alpha value is -1.28. The number of rotatable bonds is 2. The van der Waals surface area contributed by atoms with Gasteiger partial charge < -0.3 is 17.3 Å². The molecule has 0 spiro atoms. The summed E-state index contributed by atoms with van der Waals surface area (Å²) in [6.45, 7) is 0. The number of halogens is 4. The van der Waals surface area contributed by atoms with E-state index >= 15 is 0 Å². The van der Waals surface area contributed by atoms with E-state index < -0.39 is 21.2 Å². The van der Waals surface area contributed by atoms with Crippen molar-refractivity contribution in [3.05, 3.63) is 22.7 Å². The van der Waals surface area contributed by atoms with Crippen molar-refractivity contribution in [3.63, 3.8) is 0 Å². The predicted octanol–water partition coefficient (Wildman–Crippen LogP) is 2.16. The van der Waals surface area contributed by atoms with E-state index in [2.05, 4.69) is 9.47 Å². The number of hydrogen-bond acceptors (Lipinski definition) is 4. The summed E-state index contributed by atoms with van der Waals surface area (Å²) in [5.41, 5.74) is 0. The fourth-order valence-electron chi connectivity index (χ4n) is 1.24. The largest absolute Gasteiger partial charge is 0.673 e. The van der Waals surface area contributed by atoms with Crippen LogP contribution >= 0.6 is 0 Å². The number of hydrogen-bond donors (Lipinski definition) is 0. The van der Waals surface area contributed by atoms with Crippen molar-refractivity contribution in [2.75, 3.05) is 14.2 Å². The summed E-state index contributed by atoms with van der Waals surface area (Å²) in [7, 11) is -3.31. The van der Waals surface area contributed by atoms with Gasteiger partial charge in [0.2, 0.25) is 0 Å². The molecule has 2 atom stereocenters. The molecular weight excluding hydrogens is 350 g/mol. The molecule has 2 unspecified atom stereocenters. The number of carbonyl (C=O) groups is 2. The SMILES string of the molecule is COC(=O)C1=CC=CC(C(=O)OC)[Se+]1C.F[B-](F)(F)F. The van der Waals surface area contributed by atoms with Gasteiger partial charge in [-0.2, -0.15) is 0 Å². The Morgan fingerprint density at radius 2 is 1.70 bits per heavy atom. The summed E-state index contributed by atoms with van der Waals surface area (Å²) in [6.07, 6.45) is 5.20. The van der Waals surface area contributed by atoms with Gasteiger partial charge in [-0.15, -0.1) is 0 Å². The molecular formula is C10H13BF4O4Se. The molecule has 4 nitrogen and oxygen atoms in total. The first-order valence-corrected chi connectivity index (χ1v) is 8.74. The predicted molar refractivity (Wildman–Crippen MR) is 66.8 cm³/mol. The van der Waals surface area contributed by atoms with E-state index in [1.807, 2.05) is 5.82 Å². The van der Waals surface area contributed by atoms with Gasteiger partial charge in [-0.1, -0.05) is 0 Å². The van der Waals surface area contributed by atoms with Crippen LogP contribution in [0.3, 0.4) is 0 Å². The Labute approximate surface area is 117 Å². The molecule has 0 aromatic rings. The summed E-state index contributed by atoms with van der Waals surface area (Å²) in [5, 5.41) is 0. The second-order valence-electron chi connectivity index (χ2n) is 3.40. The molecule has 0 aliphatic carbocycles. The second-order valence-corrected chi connectivity index (χ2v) is 7.73. The van der Waals surface area contributed by atoms with Crippen LogP contribution in [0.5, 0.6) is 0 Å². The zero-order valence-corrected chi connectivity index (χ0v) is 12.7. The van der Waals surface area contributed by atoms with E-state index in [-0.39, 0.29) is 16.8 Å². The van der Waals surface area contributed by atoms with Crippen molar-refractivity contribution < 1.29 is 36.3 Å². The molecule has 20 heavy (non-hydrogen) atoms. The number of allylic oxidation sites excluding steroid dienone is 2. The maximum atomic E-state index is 11.4. The molecule has 1 heterocycles. The standard InChI is InChI=1S/C10H13O4Se.BF4/c1-13-9(11)7-5-4-6-8(15(7)3)10(12)14-2;2-1(3,4)5/h4-7H,1-3H3;/q+1;-1. The third-order valence-electron chi connectivity index (χ3n) is 2.08. The zero-order chi connectivity index (χ0) is 15.9. The fraction of sp³-hybridized carbons (Fsp3) is 0.400. The number of ether oxygens (including phenoxy) is 2. The molecule has 0 saturated carbocycles. The second kappa shape index (κ2) is 8.11. The average molecular weight is 363 g/mol. The number of esters is 2. The Morgan fingerprint density at radius 3 is 2.10 bits per heavy atom. The molecule has 1 aliphatic rings. The van der Waals surface area contributed by atoms with Crippen molar-refractivity contribution >= 4 is 33.1 Å². The molecule has 0 saturated heterocycles. The molecule has 0 radical (unpaired) electrons. The van der Waals surface area contributed by atoms with Gasteiger partial charge in [0.1, 0.15) is 0 Å². The third-order valence-corrected chi connectivity index (χ3v) is 6.50. The van der Waals surface area contributed by atoms with Gasteiger partial charge in [0.05, 0.1) is 0 Å². The first kappa shape index (κ1) is 18.7. The molecule has 10 heteroatoms. The summed E-state index contributed by atoms with van der Waals surface area (Å²) >= 11 is -1.51. The van der Waals surface area contributed by atoms with E-state index in [1.54, 1.807) is 18.2 Å². The van der Waals surface area contributed by atoms with Gasteiger partial charge in [-0.25, -0.2) is 0 Å². The van der Waals surface area contributed by atoms with Gasteiger partial charge in [0, 0.05) is 0 Å². The topological polar surface area (TPSA) is 52.6 Å². The van der Waals surface area contributed by atoms with E-state index in [9.17, 15) is 26.9 Å². The summed E-state index contributed by atoms with van der Waals surface area (Å²) in [5.74, 6) is 1.29. The van der Waals surface area contributed by atoms with Crippen LogP contribution in [0.4, 0.5) is 17.3 Å². The molecule has 0 N–H and O–H groups in total. The molecule has 1 rings (SSSR count). The van der Waals surface area contributed by atoms with E-state index in [4.69, 9.17) is 0 Å². The molecule has 0 bridgehead atoms. The molecule has 0 aromatic heterocycles. The van der Waals surface area contributed by atoms with Crippen molar-refractivity contribution in [3.8, 4) is 0 Å². The van der Waals surface area contributed by atoms with Crippen LogP contribution in [-0.2, 0) is 19.1 Å². The molecule has 0 amide bonds. The Kier molecular flexibility index (Phi) is 7.59. The third kappa shape index (κ3) is 6.76.